The van der Waals surface area contributed by atoms with E-state index in [1.807, 2.05) is 0 Å². The van der Waals surface area contributed by atoms with E-state index in [-0.39, 0.29) is 5.56 Å². The minimum Gasteiger partial charge on any atom is -0.495 e. The fraction of sp³-hybridized carbons (Fsp3) is 0.500. The van der Waals surface area contributed by atoms with Gasteiger partial charge in [-0.1, -0.05) is 6.92 Å². The van der Waals surface area contributed by atoms with E-state index in [0.29, 0.717) is 17.2 Å². The number of benzene rings is 1. The van der Waals surface area contributed by atoms with Crippen LogP contribution in [-0.2, 0) is 0 Å². The minimum atomic E-state index is -0.925. The molecule has 1 atom stereocenters. The summed E-state index contributed by atoms with van der Waals surface area (Å²) in [6.45, 7) is 4.36. The third-order valence-electron chi connectivity index (χ3n) is 3.90. The molecule has 4 nitrogen and oxygen atoms in total. The molecule has 1 aliphatic carbocycles. The van der Waals surface area contributed by atoms with Crippen LogP contribution in [0.15, 0.2) is 18.2 Å². The van der Waals surface area contributed by atoms with Crippen molar-refractivity contribution in [3.8, 4) is 5.75 Å². The Morgan fingerprint density at radius 3 is 2.67 bits per heavy atom. The molecule has 0 spiro atoms. The van der Waals surface area contributed by atoms with Gasteiger partial charge in [-0.05, 0) is 43.4 Å². The number of rotatable bonds is 5. The maximum Gasteiger partial charge on any atom is 0.335 e. The van der Waals surface area contributed by atoms with E-state index in [1.165, 1.54) is 12.8 Å². The highest BCUT2D eigenvalue weighted by molar-refractivity contribution is 5.89. The number of carbonyl (C=O) groups is 1. The SMILES string of the molecule is COc1ccc(C(=O)O)cc1NC(C)C1(C)CC1. The molecule has 0 amide bonds. The first-order valence-corrected chi connectivity index (χ1v) is 6.14. The molecule has 1 fully saturated rings. The lowest BCUT2D eigenvalue weighted by atomic mass is 10.0. The van der Waals surface area contributed by atoms with Gasteiger partial charge >= 0.3 is 5.97 Å². The molecular formula is C14H19NO3. The summed E-state index contributed by atoms with van der Waals surface area (Å²) in [4.78, 5) is 11.0. The molecule has 0 aromatic heterocycles. The van der Waals surface area contributed by atoms with Crippen molar-refractivity contribution >= 4 is 11.7 Å². The van der Waals surface area contributed by atoms with E-state index >= 15 is 0 Å². The smallest absolute Gasteiger partial charge is 0.335 e. The minimum absolute atomic E-state index is 0.270. The van der Waals surface area contributed by atoms with Crippen LogP contribution >= 0.6 is 0 Å². The highest BCUT2D eigenvalue weighted by atomic mass is 16.5. The predicted molar refractivity (Wildman–Crippen MR) is 70.4 cm³/mol. The normalized spacial score (nSPS) is 17.9. The molecule has 4 heteroatoms. The van der Waals surface area contributed by atoms with Crippen molar-refractivity contribution in [3.63, 3.8) is 0 Å². The summed E-state index contributed by atoms with van der Waals surface area (Å²) in [5, 5.41) is 12.4. The van der Waals surface area contributed by atoms with Gasteiger partial charge in [0.2, 0.25) is 0 Å². The van der Waals surface area contributed by atoms with Crippen molar-refractivity contribution in [2.24, 2.45) is 5.41 Å². The molecule has 1 aliphatic rings. The average Bonchev–Trinajstić information content (AvgIpc) is 3.08. The number of methoxy groups -OCH3 is 1. The largest absolute Gasteiger partial charge is 0.495 e. The quantitative estimate of drug-likeness (QED) is 0.842. The van der Waals surface area contributed by atoms with Crippen LogP contribution in [0.5, 0.6) is 5.75 Å². The Hall–Kier alpha value is -1.71. The molecule has 0 aliphatic heterocycles. The summed E-state index contributed by atoms with van der Waals surface area (Å²) in [6, 6.07) is 5.17. The van der Waals surface area contributed by atoms with Gasteiger partial charge in [-0.2, -0.15) is 0 Å². The lowest BCUT2D eigenvalue weighted by Crippen LogP contribution is -2.25. The van der Waals surface area contributed by atoms with E-state index in [1.54, 1.807) is 25.3 Å². The van der Waals surface area contributed by atoms with Crippen LogP contribution < -0.4 is 10.1 Å². The third-order valence-corrected chi connectivity index (χ3v) is 3.90. The number of hydrogen-bond acceptors (Lipinski definition) is 3. The zero-order valence-corrected chi connectivity index (χ0v) is 11.0. The number of hydrogen-bond donors (Lipinski definition) is 2. The van der Waals surface area contributed by atoms with Crippen LogP contribution in [-0.4, -0.2) is 24.2 Å². The molecule has 1 aromatic carbocycles. The number of carboxylic acids is 1. The van der Waals surface area contributed by atoms with Gasteiger partial charge < -0.3 is 15.2 Å². The van der Waals surface area contributed by atoms with Crippen molar-refractivity contribution in [2.75, 3.05) is 12.4 Å². The molecule has 1 aromatic rings. The molecule has 0 bridgehead atoms. The predicted octanol–water partition coefficient (Wildman–Crippen LogP) is 2.99. The second-order valence-electron chi connectivity index (χ2n) is 5.24. The molecule has 18 heavy (non-hydrogen) atoms. The monoisotopic (exact) mass is 249 g/mol. The Labute approximate surface area is 107 Å². The average molecular weight is 249 g/mol. The van der Waals surface area contributed by atoms with E-state index in [2.05, 4.69) is 19.2 Å². The van der Waals surface area contributed by atoms with E-state index in [9.17, 15) is 4.79 Å². The fourth-order valence-corrected chi connectivity index (χ4v) is 1.99. The topological polar surface area (TPSA) is 58.6 Å². The van der Waals surface area contributed by atoms with Crippen LogP contribution in [0.2, 0.25) is 0 Å². The molecule has 0 heterocycles. The lowest BCUT2D eigenvalue weighted by Gasteiger charge is -2.23. The molecule has 2 N–H and O–H groups in total. The second-order valence-corrected chi connectivity index (χ2v) is 5.24. The van der Waals surface area contributed by atoms with Gasteiger partial charge in [-0.25, -0.2) is 4.79 Å². The number of carboxylic acid groups (broad SMARTS) is 1. The Morgan fingerprint density at radius 2 is 2.17 bits per heavy atom. The Morgan fingerprint density at radius 1 is 1.50 bits per heavy atom. The highest BCUT2D eigenvalue weighted by Crippen LogP contribution is 2.49. The van der Waals surface area contributed by atoms with E-state index < -0.39 is 5.97 Å². The number of aromatic carboxylic acids is 1. The maximum absolute atomic E-state index is 11.0. The van der Waals surface area contributed by atoms with Crippen molar-refractivity contribution in [2.45, 2.75) is 32.7 Å². The zero-order valence-electron chi connectivity index (χ0n) is 11.0. The molecule has 1 unspecified atom stereocenters. The zero-order chi connectivity index (χ0) is 13.3. The van der Waals surface area contributed by atoms with Crippen LogP contribution in [0, 0.1) is 5.41 Å². The van der Waals surface area contributed by atoms with Crippen LogP contribution in [0.1, 0.15) is 37.0 Å². The standard InChI is InChI=1S/C14H19NO3/c1-9(14(2)6-7-14)15-11-8-10(13(16)17)4-5-12(11)18-3/h4-5,8-9,15H,6-7H2,1-3H3,(H,16,17). The first-order chi connectivity index (χ1) is 8.46. The van der Waals surface area contributed by atoms with E-state index in [0.717, 1.165) is 5.69 Å². The number of nitrogens with one attached hydrogen (secondary N) is 1. The fourth-order valence-electron chi connectivity index (χ4n) is 1.99. The summed E-state index contributed by atoms with van der Waals surface area (Å²) >= 11 is 0. The summed E-state index contributed by atoms with van der Waals surface area (Å²) < 4.78 is 5.26. The number of anilines is 1. The first-order valence-electron chi connectivity index (χ1n) is 6.14. The summed E-state index contributed by atoms with van der Waals surface area (Å²) in [6.07, 6.45) is 2.42. The molecule has 1 saturated carbocycles. The maximum atomic E-state index is 11.0. The van der Waals surface area contributed by atoms with Gasteiger partial charge in [0.25, 0.3) is 0 Å². The molecule has 2 rings (SSSR count). The summed E-state index contributed by atoms with van der Waals surface area (Å²) in [5.41, 5.74) is 1.34. The van der Waals surface area contributed by atoms with E-state index in [4.69, 9.17) is 9.84 Å². The van der Waals surface area contributed by atoms with Crippen molar-refractivity contribution in [3.05, 3.63) is 23.8 Å². The van der Waals surface area contributed by atoms with Crippen molar-refractivity contribution in [1.82, 2.24) is 0 Å². The summed E-state index contributed by atoms with van der Waals surface area (Å²) in [7, 11) is 1.59. The van der Waals surface area contributed by atoms with Gasteiger partial charge in [0, 0.05) is 6.04 Å². The second kappa shape index (κ2) is 4.52. The molecule has 98 valence electrons. The Bertz CT molecular complexity index is 466. The van der Waals surface area contributed by atoms with Gasteiger partial charge in [0.15, 0.2) is 0 Å². The highest BCUT2D eigenvalue weighted by Gasteiger charge is 2.42. The summed E-state index contributed by atoms with van der Waals surface area (Å²) in [5.74, 6) is -0.248. The Balaban J connectivity index is 2.23. The van der Waals surface area contributed by atoms with Gasteiger partial charge in [-0.3, -0.25) is 0 Å². The molecular weight excluding hydrogens is 230 g/mol. The lowest BCUT2D eigenvalue weighted by molar-refractivity contribution is 0.0697. The number of ether oxygens (including phenoxy) is 1. The van der Waals surface area contributed by atoms with Crippen LogP contribution in [0.25, 0.3) is 0 Å². The van der Waals surface area contributed by atoms with Crippen molar-refractivity contribution < 1.29 is 14.6 Å². The van der Waals surface area contributed by atoms with Crippen molar-refractivity contribution in [1.29, 1.82) is 0 Å². The van der Waals surface area contributed by atoms with Crippen LogP contribution in [0.4, 0.5) is 5.69 Å². The molecule has 0 saturated heterocycles. The third kappa shape index (κ3) is 2.42. The first kappa shape index (κ1) is 12.7. The van der Waals surface area contributed by atoms with Gasteiger partial charge in [-0.15, -0.1) is 0 Å². The van der Waals surface area contributed by atoms with Crippen LogP contribution in [0.3, 0.4) is 0 Å². The Kier molecular flexibility index (Phi) is 3.20. The molecule has 0 radical (unpaired) electrons. The van der Waals surface area contributed by atoms with Gasteiger partial charge in [0.05, 0.1) is 18.4 Å². The van der Waals surface area contributed by atoms with Gasteiger partial charge in [0.1, 0.15) is 5.75 Å².